The molecule has 1 amide bonds. The Balaban J connectivity index is 1.99. The second kappa shape index (κ2) is 8.13. The van der Waals surface area contributed by atoms with Crippen molar-refractivity contribution in [2.75, 3.05) is 5.32 Å². The number of benzene rings is 2. The number of ether oxygens (including phenoxy) is 1. The number of rotatable bonds is 6. The molecule has 0 unspecified atom stereocenters. The molecule has 2 rings (SSSR count). The molecule has 3 nitrogen and oxygen atoms in total. The highest BCUT2D eigenvalue weighted by Gasteiger charge is 2.12. The van der Waals surface area contributed by atoms with E-state index in [1.165, 1.54) is 12.1 Å². The maximum atomic E-state index is 12.3. The fourth-order valence-corrected chi connectivity index (χ4v) is 2.39. The molecular weight excluding hydrogens is 347 g/mol. The predicted molar refractivity (Wildman–Crippen MR) is 86.5 cm³/mol. The minimum Gasteiger partial charge on any atom is -0.433 e. The summed E-state index contributed by atoms with van der Waals surface area (Å²) in [6, 6.07) is 11.2. The van der Waals surface area contributed by atoms with Crippen LogP contribution in [0.4, 0.5) is 14.5 Å². The maximum Gasteiger partial charge on any atom is 0.387 e. The summed E-state index contributed by atoms with van der Waals surface area (Å²) < 4.78 is 29.0. The Morgan fingerprint density at radius 3 is 2.61 bits per heavy atom. The highest BCUT2D eigenvalue weighted by molar-refractivity contribution is 6.42. The van der Waals surface area contributed by atoms with Crippen LogP contribution in [-0.4, -0.2) is 12.5 Å². The zero-order chi connectivity index (χ0) is 16.8. The van der Waals surface area contributed by atoms with Gasteiger partial charge in [-0.2, -0.15) is 8.78 Å². The van der Waals surface area contributed by atoms with E-state index in [1.807, 2.05) is 0 Å². The Morgan fingerprint density at radius 2 is 1.87 bits per heavy atom. The average molecular weight is 360 g/mol. The predicted octanol–water partition coefficient (Wildman–Crippen LogP) is 5.17. The van der Waals surface area contributed by atoms with Crippen molar-refractivity contribution < 1.29 is 18.3 Å². The quantitative estimate of drug-likeness (QED) is 0.772. The molecule has 0 aliphatic rings. The minimum atomic E-state index is -2.96. The van der Waals surface area contributed by atoms with Crippen LogP contribution >= 0.6 is 23.2 Å². The molecule has 1 N–H and O–H groups in total. The minimum absolute atomic E-state index is 0.0864. The number of nitrogens with one attached hydrogen (secondary N) is 1. The summed E-state index contributed by atoms with van der Waals surface area (Å²) in [5.74, 6) is -0.428. The molecule has 0 atom stereocenters. The molecule has 0 bridgehead atoms. The molecule has 0 spiro atoms. The van der Waals surface area contributed by atoms with Crippen LogP contribution in [0, 0.1) is 0 Å². The van der Waals surface area contributed by atoms with Gasteiger partial charge in [0.1, 0.15) is 5.75 Å². The summed E-state index contributed by atoms with van der Waals surface area (Å²) in [5, 5.41) is 3.37. The third-order valence-corrected chi connectivity index (χ3v) is 3.89. The number of hydrogen-bond acceptors (Lipinski definition) is 2. The van der Waals surface area contributed by atoms with E-state index in [0.717, 1.165) is 5.56 Å². The number of hydrogen-bond donors (Lipinski definition) is 1. The van der Waals surface area contributed by atoms with Crippen LogP contribution in [-0.2, 0) is 11.2 Å². The summed E-state index contributed by atoms with van der Waals surface area (Å²) in [6.45, 7) is -2.96. The second-order valence-corrected chi connectivity index (χ2v) is 5.42. The van der Waals surface area contributed by atoms with Crippen molar-refractivity contribution in [3.8, 4) is 5.75 Å². The molecule has 23 heavy (non-hydrogen) atoms. The van der Waals surface area contributed by atoms with Crippen LogP contribution in [0.15, 0.2) is 42.5 Å². The Morgan fingerprint density at radius 1 is 1.13 bits per heavy atom. The first-order valence-electron chi connectivity index (χ1n) is 6.74. The van der Waals surface area contributed by atoms with Gasteiger partial charge in [-0.15, -0.1) is 0 Å². The number of para-hydroxylation sites is 2. The number of anilines is 1. The summed E-state index contributed by atoms with van der Waals surface area (Å²) >= 11 is 12.0. The Labute approximate surface area is 142 Å². The van der Waals surface area contributed by atoms with Gasteiger partial charge in [-0.05, 0) is 30.2 Å². The topological polar surface area (TPSA) is 38.3 Å². The monoisotopic (exact) mass is 359 g/mol. The zero-order valence-electron chi connectivity index (χ0n) is 11.9. The molecule has 0 aliphatic carbocycles. The maximum absolute atomic E-state index is 12.3. The summed E-state index contributed by atoms with van der Waals surface area (Å²) in [7, 11) is 0. The zero-order valence-corrected chi connectivity index (χ0v) is 13.4. The van der Waals surface area contributed by atoms with Crippen LogP contribution in [0.5, 0.6) is 5.75 Å². The number of carbonyl (C=O) groups is 1. The van der Waals surface area contributed by atoms with Crippen LogP contribution < -0.4 is 10.1 Å². The van der Waals surface area contributed by atoms with Gasteiger partial charge in [-0.1, -0.05) is 47.5 Å². The van der Waals surface area contributed by atoms with Gasteiger partial charge in [0.15, 0.2) is 0 Å². The molecule has 2 aromatic carbocycles. The molecule has 0 saturated heterocycles. The van der Waals surface area contributed by atoms with Gasteiger partial charge in [0.25, 0.3) is 0 Å². The lowest BCUT2D eigenvalue weighted by molar-refractivity contribution is -0.116. The molecule has 0 heterocycles. The van der Waals surface area contributed by atoms with E-state index in [4.69, 9.17) is 23.2 Å². The largest absolute Gasteiger partial charge is 0.433 e. The third-order valence-electron chi connectivity index (χ3n) is 3.03. The van der Waals surface area contributed by atoms with Gasteiger partial charge in [0, 0.05) is 6.42 Å². The van der Waals surface area contributed by atoms with Crippen LogP contribution in [0.25, 0.3) is 0 Å². The van der Waals surface area contributed by atoms with Crippen molar-refractivity contribution in [3.05, 3.63) is 58.1 Å². The molecule has 2 aromatic rings. The van der Waals surface area contributed by atoms with Crippen molar-refractivity contribution in [1.82, 2.24) is 0 Å². The van der Waals surface area contributed by atoms with Crippen LogP contribution in [0.2, 0.25) is 10.0 Å². The van der Waals surface area contributed by atoms with E-state index in [0.29, 0.717) is 16.5 Å². The Kier molecular flexibility index (Phi) is 6.19. The number of alkyl halides is 2. The average Bonchev–Trinajstić information content (AvgIpc) is 2.50. The second-order valence-electron chi connectivity index (χ2n) is 4.64. The van der Waals surface area contributed by atoms with Gasteiger partial charge < -0.3 is 10.1 Å². The molecule has 0 aliphatic heterocycles. The van der Waals surface area contributed by atoms with Crippen LogP contribution in [0.1, 0.15) is 12.0 Å². The fourth-order valence-electron chi connectivity index (χ4n) is 1.97. The highest BCUT2D eigenvalue weighted by Crippen LogP contribution is 2.28. The third kappa shape index (κ3) is 5.08. The van der Waals surface area contributed by atoms with E-state index in [1.54, 1.807) is 30.3 Å². The number of aryl methyl sites for hydroxylation is 1. The molecule has 0 aromatic heterocycles. The van der Waals surface area contributed by atoms with E-state index >= 15 is 0 Å². The Bertz CT molecular complexity index is 696. The van der Waals surface area contributed by atoms with Gasteiger partial charge in [0.05, 0.1) is 15.7 Å². The summed E-state index contributed by atoms with van der Waals surface area (Å²) in [4.78, 5) is 12.0. The van der Waals surface area contributed by atoms with Gasteiger partial charge in [0.2, 0.25) is 5.91 Å². The molecule has 0 fully saturated rings. The first kappa shape index (κ1) is 17.5. The lowest BCUT2D eigenvalue weighted by Gasteiger charge is -2.12. The molecule has 7 heteroatoms. The first-order chi connectivity index (χ1) is 11.0. The Hall–Kier alpha value is -1.85. The number of carbonyl (C=O) groups excluding carboxylic acids is 1. The van der Waals surface area contributed by atoms with E-state index in [-0.39, 0.29) is 23.8 Å². The van der Waals surface area contributed by atoms with Crippen molar-refractivity contribution in [3.63, 3.8) is 0 Å². The summed E-state index contributed by atoms with van der Waals surface area (Å²) in [6.07, 6.45) is 0.506. The van der Waals surface area contributed by atoms with Crippen molar-refractivity contribution in [2.45, 2.75) is 19.5 Å². The number of amides is 1. The van der Waals surface area contributed by atoms with E-state index < -0.39 is 6.61 Å². The molecular formula is C16H13Cl2F2NO2. The SMILES string of the molecule is O=C(CCc1cccc(Cl)c1Cl)Nc1ccccc1OC(F)F. The summed E-state index contributed by atoms with van der Waals surface area (Å²) in [5.41, 5.74) is 0.932. The standard InChI is InChI=1S/C16H13Cl2F2NO2/c17-11-5-3-4-10(15(11)18)8-9-14(22)21-12-6-1-2-7-13(12)23-16(19)20/h1-7,16H,8-9H2,(H,21,22). The van der Waals surface area contributed by atoms with E-state index in [9.17, 15) is 13.6 Å². The molecule has 0 radical (unpaired) electrons. The normalized spacial score (nSPS) is 10.7. The van der Waals surface area contributed by atoms with Gasteiger partial charge in [-0.3, -0.25) is 4.79 Å². The van der Waals surface area contributed by atoms with Crippen molar-refractivity contribution >= 4 is 34.8 Å². The van der Waals surface area contributed by atoms with Crippen molar-refractivity contribution in [2.24, 2.45) is 0 Å². The van der Waals surface area contributed by atoms with Gasteiger partial charge in [-0.25, -0.2) is 0 Å². The highest BCUT2D eigenvalue weighted by atomic mass is 35.5. The van der Waals surface area contributed by atoms with E-state index in [2.05, 4.69) is 10.1 Å². The van der Waals surface area contributed by atoms with Gasteiger partial charge >= 0.3 is 6.61 Å². The molecule has 122 valence electrons. The molecule has 0 saturated carbocycles. The lowest BCUT2D eigenvalue weighted by Crippen LogP contribution is -2.14. The first-order valence-corrected chi connectivity index (χ1v) is 7.49. The van der Waals surface area contributed by atoms with Crippen LogP contribution in [0.3, 0.4) is 0 Å². The van der Waals surface area contributed by atoms with Crippen molar-refractivity contribution in [1.29, 1.82) is 0 Å². The smallest absolute Gasteiger partial charge is 0.387 e. The fraction of sp³-hybridized carbons (Fsp3) is 0.188. The number of halogens is 4. The lowest BCUT2D eigenvalue weighted by atomic mass is 10.1.